The molecule has 1 N–H and O–H groups in total. The largest absolute Gasteiger partial charge is 0.463 e. The van der Waals surface area contributed by atoms with E-state index in [1.165, 1.54) is 20.8 Å². The van der Waals surface area contributed by atoms with Crippen molar-refractivity contribution in [1.82, 2.24) is 5.32 Å². The van der Waals surface area contributed by atoms with Crippen LogP contribution in [0.5, 0.6) is 0 Å². The first-order valence-corrected chi connectivity index (χ1v) is 8.79. The summed E-state index contributed by atoms with van der Waals surface area (Å²) >= 11 is 0. The molecule has 6 nitrogen and oxygen atoms in total. The minimum absolute atomic E-state index is 0.00296. The molecular weight excluding hydrogens is 389 g/mol. The van der Waals surface area contributed by atoms with E-state index in [0.29, 0.717) is 6.07 Å². The van der Waals surface area contributed by atoms with Crippen LogP contribution in [0.2, 0.25) is 0 Å². The highest BCUT2D eigenvalue weighted by atomic mass is 19.2. The van der Waals surface area contributed by atoms with Gasteiger partial charge in [0.25, 0.3) is 0 Å². The molecule has 1 heterocycles. The van der Waals surface area contributed by atoms with E-state index < -0.39 is 35.3 Å². The molecule has 0 aliphatic carbocycles. The van der Waals surface area contributed by atoms with Crippen molar-refractivity contribution in [1.29, 1.82) is 5.26 Å². The molecule has 0 saturated heterocycles. The zero-order valence-electron chi connectivity index (χ0n) is 16.3. The van der Waals surface area contributed by atoms with E-state index in [2.05, 4.69) is 5.32 Å². The maximum Gasteiger partial charge on any atom is 0.337 e. The zero-order chi connectivity index (χ0) is 21.9. The second kappa shape index (κ2) is 8.82. The van der Waals surface area contributed by atoms with Crippen molar-refractivity contribution in [3.63, 3.8) is 0 Å². The number of benzene rings is 1. The predicted octanol–water partition coefficient (Wildman–Crippen LogP) is 3.28. The maximum atomic E-state index is 14.3. The Morgan fingerprint density at radius 3 is 2.14 bits per heavy atom. The van der Waals surface area contributed by atoms with Crippen LogP contribution in [0.3, 0.4) is 0 Å². The summed E-state index contributed by atoms with van der Waals surface area (Å²) in [7, 11) is 0. The van der Waals surface area contributed by atoms with Crippen molar-refractivity contribution in [2.45, 2.75) is 33.6 Å². The highest BCUT2D eigenvalue weighted by Gasteiger charge is 2.40. The van der Waals surface area contributed by atoms with Crippen molar-refractivity contribution < 1.29 is 32.2 Å². The molecule has 1 aromatic rings. The number of esters is 2. The summed E-state index contributed by atoms with van der Waals surface area (Å²) in [4.78, 5) is 25.2. The summed E-state index contributed by atoms with van der Waals surface area (Å²) in [6.07, 6.45) is 0. The Kier molecular flexibility index (Phi) is 6.69. The summed E-state index contributed by atoms with van der Waals surface area (Å²) in [5.41, 5.74) is -1.06. The second-order valence-corrected chi connectivity index (χ2v) is 6.14. The molecule has 0 aromatic heterocycles. The molecule has 1 aliphatic rings. The molecule has 154 valence electrons. The third kappa shape index (κ3) is 3.97. The first kappa shape index (κ1) is 22.0. The van der Waals surface area contributed by atoms with Gasteiger partial charge in [-0.15, -0.1) is 0 Å². The summed E-state index contributed by atoms with van der Waals surface area (Å²) in [6.45, 7) is 5.68. The van der Waals surface area contributed by atoms with Crippen LogP contribution in [0.4, 0.5) is 13.2 Å². The lowest BCUT2D eigenvalue weighted by Gasteiger charge is -2.30. The van der Waals surface area contributed by atoms with Crippen LogP contribution in [0.25, 0.3) is 0 Å². The van der Waals surface area contributed by atoms with Gasteiger partial charge in [-0.05, 0) is 44.9 Å². The van der Waals surface area contributed by atoms with Crippen molar-refractivity contribution >= 4 is 11.9 Å². The average Bonchev–Trinajstić information content (AvgIpc) is 2.68. The number of carbonyl (C=O) groups is 2. The van der Waals surface area contributed by atoms with Gasteiger partial charge in [0, 0.05) is 5.70 Å². The van der Waals surface area contributed by atoms with Gasteiger partial charge in [0.2, 0.25) is 0 Å². The van der Waals surface area contributed by atoms with Gasteiger partial charge in [0.05, 0.1) is 30.3 Å². The molecule has 1 atom stereocenters. The molecule has 9 heteroatoms. The van der Waals surface area contributed by atoms with Gasteiger partial charge < -0.3 is 14.8 Å². The second-order valence-electron chi connectivity index (χ2n) is 6.14. The Bertz CT molecular complexity index is 977. The molecule has 1 aliphatic heterocycles. The van der Waals surface area contributed by atoms with Crippen molar-refractivity contribution in [2.24, 2.45) is 0 Å². The van der Waals surface area contributed by atoms with Crippen LogP contribution in [-0.2, 0) is 19.1 Å². The fourth-order valence-corrected chi connectivity index (χ4v) is 3.14. The number of halogens is 3. The molecule has 0 bridgehead atoms. The van der Waals surface area contributed by atoms with Crippen molar-refractivity contribution in [3.05, 3.63) is 57.2 Å². The lowest BCUT2D eigenvalue weighted by Crippen LogP contribution is -2.33. The molecular formula is C20H19F3N2O4. The Morgan fingerprint density at radius 1 is 1.07 bits per heavy atom. The van der Waals surface area contributed by atoms with Gasteiger partial charge in [-0.1, -0.05) is 0 Å². The van der Waals surface area contributed by atoms with Gasteiger partial charge in [-0.2, -0.15) is 5.26 Å². The summed E-state index contributed by atoms with van der Waals surface area (Å²) in [5, 5.41) is 12.1. The highest BCUT2D eigenvalue weighted by molar-refractivity contribution is 6.00. The van der Waals surface area contributed by atoms with Gasteiger partial charge in [-0.25, -0.2) is 22.8 Å². The van der Waals surface area contributed by atoms with Crippen LogP contribution >= 0.6 is 0 Å². The zero-order valence-corrected chi connectivity index (χ0v) is 16.3. The third-order valence-electron chi connectivity index (χ3n) is 4.42. The fourth-order valence-electron chi connectivity index (χ4n) is 3.14. The third-order valence-corrected chi connectivity index (χ3v) is 4.42. The quantitative estimate of drug-likeness (QED) is 0.594. The first-order valence-electron chi connectivity index (χ1n) is 8.79. The summed E-state index contributed by atoms with van der Waals surface area (Å²) in [5.74, 6) is -7.84. The van der Waals surface area contributed by atoms with Gasteiger partial charge in [0.1, 0.15) is 11.8 Å². The Morgan fingerprint density at radius 2 is 1.62 bits per heavy atom. The number of allylic oxidation sites excluding steroid dienone is 2. The predicted molar refractivity (Wildman–Crippen MR) is 95.5 cm³/mol. The lowest BCUT2D eigenvalue weighted by atomic mass is 9.78. The smallest absolute Gasteiger partial charge is 0.337 e. The van der Waals surface area contributed by atoms with Gasteiger partial charge in [0.15, 0.2) is 17.5 Å². The number of nitrogens with zero attached hydrogens (tertiary/aromatic N) is 1. The lowest BCUT2D eigenvalue weighted by molar-refractivity contribution is -0.139. The monoisotopic (exact) mass is 408 g/mol. The number of ether oxygens (including phenoxy) is 2. The Balaban J connectivity index is 2.88. The minimum atomic E-state index is -1.68. The van der Waals surface area contributed by atoms with Crippen molar-refractivity contribution in [3.8, 4) is 6.07 Å². The van der Waals surface area contributed by atoms with E-state index in [0.717, 1.165) is 0 Å². The van der Waals surface area contributed by atoms with E-state index in [1.807, 2.05) is 0 Å². The number of carbonyl (C=O) groups excluding carboxylic acids is 2. The number of dihydropyridines is 1. The molecule has 1 unspecified atom stereocenters. The van der Waals surface area contributed by atoms with Gasteiger partial charge in [-0.3, -0.25) is 0 Å². The molecule has 0 saturated carbocycles. The topological polar surface area (TPSA) is 88.4 Å². The van der Waals surface area contributed by atoms with E-state index in [-0.39, 0.29) is 46.9 Å². The van der Waals surface area contributed by atoms with Crippen LogP contribution in [0.15, 0.2) is 28.6 Å². The van der Waals surface area contributed by atoms with Gasteiger partial charge >= 0.3 is 11.9 Å². The molecule has 29 heavy (non-hydrogen) atoms. The van der Waals surface area contributed by atoms with E-state index in [1.54, 1.807) is 13.0 Å². The summed E-state index contributed by atoms with van der Waals surface area (Å²) in [6, 6.07) is 2.49. The molecule has 0 fully saturated rings. The van der Waals surface area contributed by atoms with Crippen LogP contribution in [0, 0.1) is 35.7 Å². The molecule has 0 spiro atoms. The van der Waals surface area contributed by atoms with Crippen LogP contribution in [-0.4, -0.2) is 25.2 Å². The Hall–Kier alpha value is -3.28. The molecule has 0 amide bonds. The normalized spacial score (nSPS) is 16.3. The van der Waals surface area contributed by atoms with Crippen LogP contribution in [0.1, 0.15) is 37.8 Å². The number of hydrogen-bond donors (Lipinski definition) is 1. The highest BCUT2D eigenvalue weighted by Crippen LogP contribution is 2.41. The van der Waals surface area contributed by atoms with Crippen LogP contribution < -0.4 is 5.32 Å². The standard InChI is InChI=1S/C20H19F3N2O4/c1-5-28-19(26)14-10(4)25-13(8-24)16(20(27)29-6-2)15(14)11-7-12(21)18(23)17(22)9(11)3/h7,15,25H,5-6H2,1-4H3. The summed E-state index contributed by atoms with van der Waals surface area (Å²) < 4.78 is 52.0. The number of nitriles is 1. The molecule has 1 aromatic carbocycles. The van der Waals surface area contributed by atoms with E-state index in [4.69, 9.17) is 9.47 Å². The maximum absolute atomic E-state index is 14.3. The molecule has 0 radical (unpaired) electrons. The fraction of sp³-hybridized carbons (Fsp3) is 0.350. The number of rotatable bonds is 5. The number of hydrogen-bond acceptors (Lipinski definition) is 6. The Labute approximate surface area is 165 Å². The average molecular weight is 408 g/mol. The minimum Gasteiger partial charge on any atom is -0.463 e. The molecule has 2 rings (SSSR count). The SMILES string of the molecule is CCOC(=O)C1=C(C)NC(C#N)=C(C(=O)OCC)C1c1cc(F)c(F)c(F)c1C. The first-order chi connectivity index (χ1) is 13.7. The number of nitrogens with one attached hydrogen (secondary N) is 1. The van der Waals surface area contributed by atoms with Crippen molar-refractivity contribution in [2.75, 3.05) is 13.2 Å². The van der Waals surface area contributed by atoms with E-state index >= 15 is 0 Å². The van der Waals surface area contributed by atoms with E-state index in [9.17, 15) is 28.0 Å².